The van der Waals surface area contributed by atoms with Crippen molar-refractivity contribution in [2.45, 2.75) is 50.3 Å². The number of carbonyl (C=O) groups is 1. The van der Waals surface area contributed by atoms with Gasteiger partial charge in [-0.15, -0.1) is 0 Å². The van der Waals surface area contributed by atoms with Crippen LogP contribution in [0.4, 0.5) is 0 Å². The second-order valence-corrected chi connectivity index (χ2v) is 5.98. The Balaban J connectivity index is 2.14. The van der Waals surface area contributed by atoms with Gasteiger partial charge >= 0.3 is 0 Å². The molecule has 1 aliphatic rings. The summed E-state index contributed by atoms with van der Waals surface area (Å²) < 4.78 is 0.339. The third kappa shape index (κ3) is 3.98. The van der Waals surface area contributed by atoms with Gasteiger partial charge in [-0.25, -0.2) is 0 Å². The third-order valence-electron chi connectivity index (χ3n) is 3.53. The molecule has 0 aromatic heterocycles. The lowest BCUT2D eigenvalue weighted by Gasteiger charge is -2.40. The van der Waals surface area contributed by atoms with Crippen LogP contribution in [-0.2, 0) is 4.79 Å². The van der Waals surface area contributed by atoms with Gasteiger partial charge in [0.1, 0.15) is 0 Å². The Kier molecular flexibility index (Phi) is 5.62. The first-order valence-electron chi connectivity index (χ1n) is 6.17. The number of hydrogen-bond acceptors (Lipinski definition) is 3. The van der Waals surface area contributed by atoms with Crippen molar-refractivity contribution in [3.63, 3.8) is 0 Å². The highest BCUT2D eigenvalue weighted by Gasteiger charge is 2.36. The highest BCUT2D eigenvalue weighted by molar-refractivity contribution is 8.00. The van der Waals surface area contributed by atoms with Gasteiger partial charge in [-0.1, -0.05) is 13.3 Å². The molecule has 16 heavy (non-hydrogen) atoms. The molecule has 4 heteroatoms. The molecule has 1 unspecified atom stereocenters. The molecule has 0 saturated heterocycles. The molecule has 1 fully saturated rings. The zero-order chi connectivity index (χ0) is 12.0. The standard InChI is InChI=1S/C12H24N2OS/c1-4-10(2)13-8-11(15)14-9-12(16-3)6-5-7-12/h10,13H,4-9H2,1-3H3,(H,14,15). The largest absolute Gasteiger partial charge is 0.354 e. The molecule has 0 aromatic rings. The molecule has 1 aliphatic carbocycles. The van der Waals surface area contributed by atoms with E-state index in [1.165, 1.54) is 19.3 Å². The fourth-order valence-electron chi connectivity index (χ4n) is 1.76. The Bertz CT molecular complexity index is 224. The van der Waals surface area contributed by atoms with Crippen LogP contribution in [0.15, 0.2) is 0 Å². The zero-order valence-electron chi connectivity index (χ0n) is 10.6. The van der Waals surface area contributed by atoms with Crippen molar-refractivity contribution >= 4 is 17.7 Å². The van der Waals surface area contributed by atoms with Crippen LogP contribution in [0, 0.1) is 0 Å². The topological polar surface area (TPSA) is 41.1 Å². The van der Waals surface area contributed by atoms with E-state index in [0.717, 1.165) is 13.0 Å². The average Bonchev–Trinajstić information content (AvgIpc) is 2.25. The van der Waals surface area contributed by atoms with E-state index in [1.807, 2.05) is 11.8 Å². The summed E-state index contributed by atoms with van der Waals surface area (Å²) in [4.78, 5) is 11.6. The fraction of sp³-hybridized carbons (Fsp3) is 0.917. The van der Waals surface area contributed by atoms with Crippen molar-refractivity contribution in [1.29, 1.82) is 0 Å². The van der Waals surface area contributed by atoms with Crippen molar-refractivity contribution in [1.82, 2.24) is 10.6 Å². The summed E-state index contributed by atoms with van der Waals surface area (Å²) in [6.45, 7) is 5.49. The van der Waals surface area contributed by atoms with Crippen LogP contribution in [0.2, 0.25) is 0 Å². The van der Waals surface area contributed by atoms with Gasteiger partial charge in [0.25, 0.3) is 0 Å². The molecule has 0 bridgehead atoms. The molecular weight excluding hydrogens is 220 g/mol. The molecule has 94 valence electrons. The Morgan fingerprint density at radius 2 is 2.19 bits per heavy atom. The van der Waals surface area contributed by atoms with Gasteiger partial charge in [0.2, 0.25) is 5.91 Å². The van der Waals surface area contributed by atoms with E-state index in [9.17, 15) is 4.79 Å². The van der Waals surface area contributed by atoms with E-state index in [4.69, 9.17) is 0 Å². The number of nitrogens with one attached hydrogen (secondary N) is 2. The van der Waals surface area contributed by atoms with E-state index in [1.54, 1.807) is 0 Å². The SMILES string of the molecule is CCC(C)NCC(=O)NCC1(SC)CCC1. The Hall–Kier alpha value is -0.220. The minimum Gasteiger partial charge on any atom is -0.354 e. The van der Waals surface area contributed by atoms with Crippen LogP contribution in [0.5, 0.6) is 0 Å². The minimum atomic E-state index is 0.126. The second-order valence-electron chi connectivity index (χ2n) is 4.71. The Morgan fingerprint density at radius 3 is 2.62 bits per heavy atom. The summed E-state index contributed by atoms with van der Waals surface area (Å²) in [5.41, 5.74) is 0. The van der Waals surface area contributed by atoms with Crippen LogP contribution < -0.4 is 10.6 Å². The summed E-state index contributed by atoms with van der Waals surface area (Å²) in [7, 11) is 0. The highest BCUT2D eigenvalue weighted by Crippen LogP contribution is 2.42. The maximum atomic E-state index is 11.6. The molecule has 1 saturated carbocycles. The molecule has 0 heterocycles. The summed E-state index contributed by atoms with van der Waals surface area (Å²) in [5.74, 6) is 0.126. The van der Waals surface area contributed by atoms with E-state index >= 15 is 0 Å². The van der Waals surface area contributed by atoms with Crippen LogP contribution in [-0.4, -0.2) is 36.0 Å². The van der Waals surface area contributed by atoms with Gasteiger partial charge < -0.3 is 10.6 Å². The van der Waals surface area contributed by atoms with E-state index in [2.05, 4.69) is 30.7 Å². The van der Waals surface area contributed by atoms with E-state index < -0.39 is 0 Å². The number of hydrogen-bond donors (Lipinski definition) is 2. The molecule has 0 radical (unpaired) electrons. The molecular formula is C12H24N2OS. The lowest BCUT2D eigenvalue weighted by atomic mass is 9.84. The molecule has 1 atom stereocenters. The summed E-state index contributed by atoms with van der Waals surface area (Å²) >= 11 is 1.89. The van der Waals surface area contributed by atoms with Crippen LogP contribution in [0.3, 0.4) is 0 Å². The molecule has 0 aliphatic heterocycles. The first kappa shape index (κ1) is 13.8. The molecule has 0 spiro atoms. The van der Waals surface area contributed by atoms with Crippen molar-refractivity contribution in [2.75, 3.05) is 19.3 Å². The second kappa shape index (κ2) is 6.50. The van der Waals surface area contributed by atoms with Crippen LogP contribution >= 0.6 is 11.8 Å². The third-order valence-corrected chi connectivity index (χ3v) is 4.95. The van der Waals surface area contributed by atoms with Gasteiger partial charge in [-0.2, -0.15) is 11.8 Å². The Labute approximate surface area is 103 Å². The molecule has 2 N–H and O–H groups in total. The number of carbonyl (C=O) groups excluding carboxylic acids is 1. The normalized spacial score (nSPS) is 19.9. The van der Waals surface area contributed by atoms with E-state index in [-0.39, 0.29) is 5.91 Å². The maximum absolute atomic E-state index is 11.6. The lowest BCUT2D eigenvalue weighted by molar-refractivity contribution is -0.120. The van der Waals surface area contributed by atoms with Gasteiger partial charge in [0.15, 0.2) is 0 Å². The van der Waals surface area contributed by atoms with Crippen molar-refractivity contribution in [2.24, 2.45) is 0 Å². The van der Waals surface area contributed by atoms with E-state index in [0.29, 0.717) is 17.3 Å². The Morgan fingerprint density at radius 1 is 1.50 bits per heavy atom. The first-order chi connectivity index (χ1) is 7.62. The quantitative estimate of drug-likeness (QED) is 0.717. The number of amides is 1. The van der Waals surface area contributed by atoms with Crippen LogP contribution in [0.25, 0.3) is 0 Å². The zero-order valence-corrected chi connectivity index (χ0v) is 11.5. The number of rotatable bonds is 7. The number of thioether (sulfide) groups is 1. The van der Waals surface area contributed by atoms with Gasteiger partial charge in [-0.3, -0.25) is 4.79 Å². The minimum absolute atomic E-state index is 0.126. The molecule has 0 aromatic carbocycles. The fourth-order valence-corrected chi connectivity index (χ4v) is 2.67. The van der Waals surface area contributed by atoms with Crippen molar-refractivity contribution < 1.29 is 4.79 Å². The maximum Gasteiger partial charge on any atom is 0.234 e. The van der Waals surface area contributed by atoms with Crippen molar-refractivity contribution in [3.8, 4) is 0 Å². The predicted octanol–water partition coefficient (Wildman–Crippen LogP) is 1.78. The van der Waals surface area contributed by atoms with Gasteiger partial charge in [0.05, 0.1) is 6.54 Å². The average molecular weight is 244 g/mol. The monoisotopic (exact) mass is 244 g/mol. The predicted molar refractivity (Wildman–Crippen MR) is 70.9 cm³/mol. The molecule has 1 rings (SSSR count). The first-order valence-corrected chi connectivity index (χ1v) is 7.39. The summed E-state index contributed by atoms with van der Waals surface area (Å²) in [6, 6.07) is 0.420. The highest BCUT2D eigenvalue weighted by atomic mass is 32.2. The molecule has 3 nitrogen and oxygen atoms in total. The van der Waals surface area contributed by atoms with Gasteiger partial charge in [-0.05, 0) is 32.4 Å². The summed E-state index contributed by atoms with van der Waals surface area (Å²) in [5, 5.41) is 6.24. The van der Waals surface area contributed by atoms with Gasteiger partial charge in [0, 0.05) is 17.3 Å². The van der Waals surface area contributed by atoms with Crippen LogP contribution in [0.1, 0.15) is 39.5 Å². The lowest BCUT2D eigenvalue weighted by Crippen LogP contribution is -2.47. The summed E-state index contributed by atoms with van der Waals surface area (Å²) in [6.07, 6.45) is 6.99. The van der Waals surface area contributed by atoms with Crippen molar-refractivity contribution in [3.05, 3.63) is 0 Å². The smallest absolute Gasteiger partial charge is 0.234 e. The molecule has 1 amide bonds.